The zero-order chi connectivity index (χ0) is 13.1. The minimum Gasteiger partial charge on any atom is -0.327 e. The quantitative estimate of drug-likeness (QED) is 0.708. The third-order valence-electron chi connectivity index (χ3n) is 3.01. The summed E-state index contributed by atoms with van der Waals surface area (Å²) in [5.41, 5.74) is 2.20. The van der Waals surface area contributed by atoms with Gasteiger partial charge in [-0.1, -0.05) is 17.3 Å². The van der Waals surface area contributed by atoms with Gasteiger partial charge in [-0.25, -0.2) is 4.98 Å². The number of imidazole rings is 1. The minimum atomic E-state index is 0.573. The van der Waals surface area contributed by atoms with Crippen molar-refractivity contribution in [2.75, 3.05) is 0 Å². The monoisotopic (exact) mass is 257 g/mol. The minimum absolute atomic E-state index is 0.573. The van der Waals surface area contributed by atoms with Crippen molar-refractivity contribution in [3.63, 3.8) is 0 Å². The van der Waals surface area contributed by atoms with E-state index < -0.39 is 0 Å². The molecular weight excluding hydrogens is 242 g/mol. The number of aromatic nitrogens is 6. The SMILES string of the molecule is CCn1c(CNCc2nn[nH]n2)nc2ccccc21. The first-order chi connectivity index (χ1) is 9.38. The van der Waals surface area contributed by atoms with Gasteiger partial charge in [-0.3, -0.25) is 0 Å². The number of nitrogens with one attached hydrogen (secondary N) is 2. The Kier molecular flexibility index (Phi) is 3.20. The van der Waals surface area contributed by atoms with E-state index in [0.717, 1.165) is 17.9 Å². The van der Waals surface area contributed by atoms with Crippen molar-refractivity contribution >= 4 is 11.0 Å². The van der Waals surface area contributed by atoms with Gasteiger partial charge in [0.2, 0.25) is 0 Å². The number of fused-ring (bicyclic) bond motifs is 1. The highest BCUT2D eigenvalue weighted by molar-refractivity contribution is 5.75. The summed E-state index contributed by atoms with van der Waals surface area (Å²) in [6, 6.07) is 8.16. The highest BCUT2D eigenvalue weighted by Gasteiger charge is 2.08. The van der Waals surface area contributed by atoms with Crippen molar-refractivity contribution < 1.29 is 0 Å². The Hall–Kier alpha value is -2.28. The van der Waals surface area contributed by atoms with Crippen LogP contribution < -0.4 is 5.32 Å². The average Bonchev–Trinajstić information content (AvgIpc) is 3.05. The largest absolute Gasteiger partial charge is 0.327 e. The van der Waals surface area contributed by atoms with Crippen molar-refractivity contribution in [1.29, 1.82) is 0 Å². The molecule has 0 atom stereocenters. The van der Waals surface area contributed by atoms with E-state index in [4.69, 9.17) is 0 Å². The van der Waals surface area contributed by atoms with Crippen LogP contribution in [-0.2, 0) is 19.6 Å². The predicted octanol–water partition coefficient (Wildman–Crippen LogP) is 0.859. The predicted molar refractivity (Wildman–Crippen MR) is 70.1 cm³/mol. The Balaban J connectivity index is 1.76. The number of benzene rings is 1. The van der Waals surface area contributed by atoms with E-state index in [1.54, 1.807) is 0 Å². The standard InChI is InChI=1S/C12H15N7/c1-2-19-10-6-4-3-5-9(10)14-12(19)8-13-7-11-15-17-18-16-11/h3-6,13H,2,7-8H2,1H3,(H,15,16,17,18). The highest BCUT2D eigenvalue weighted by Crippen LogP contribution is 2.15. The summed E-state index contributed by atoms with van der Waals surface area (Å²) in [5.74, 6) is 1.67. The van der Waals surface area contributed by atoms with Gasteiger partial charge in [-0.05, 0) is 19.1 Å². The van der Waals surface area contributed by atoms with Crippen LogP contribution in [-0.4, -0.2) is 30.2 Å². The summed E-state index contributed by atoms with van der Waals surface area (Å²) in [6.07, 6.45) is 0. The number of aromatic amines is 1. The molecule has 3 aromatic rings. The van der Waals surface area contributed by atoms with Crippen LogP contribution in [0.1, 0.15) is 18.6 Å². The molecular formula is C12H15N7. The zero-order valence-corrected chi connectivity index (χ0v) is 10.7. The second kappa shape index (κ2) is 5.15. The van der Waals surface area contributed by atoms with E-state index in [-0.39, 0.29) is 0 Å². The van der Waals surface area contributed by atoms with E-state index >= 15 is 0 Å². The lowest BCUT2D eigenvalue weighted by Crippen LogP contribution is -2.17. The van der Waals surface area contributed by atoms with Gasteiger partial charge in [-0.15, -0.1) is 10.2 Å². The number of tetrazole rings is 1. The maximum absolute atomic E-state index is 4.64. The van der Waals surface area contributed by atoms with Crippen LogP contribution >= 0.6 is 0 Å². The highest BCUT2D eigenvalue weighted by atomic mass is 15.5. The maximum atomic E-state index is 4.64. The van der Waals surface area contributed by atoms with Crippen molar-refractivity contribution in [1.82, 2.24) is 35.5 Å². The van der Waals surface area contributed by atoms with Crippen LogP contribution in [0.4, 0.5) is 0 Å². The molecule has 7 heteroatoms. The molecule has 2 aromatic heterocycles. The molecule has 0 saturated carbocycles. The molecule has 19 heavy (non-hydrogen) atoms. The topological polar surface area (TPSA) is 84.3 Å². The molecule has 0 aliphatic carbocycles. The Labute approximate surface area is 110 Å². The Morgan fingerprint density at radius 2 is 2.16 bits per heavy atom. The molecule has 0 radical (unpaired) electrons. The molecule has 7 nitrogen and oxygen atoms in total. The number of nitrogens with zero attached hydrogens (tertiary/aromatic N) is 5. The number of rotatable bonds is 5. The third kappa shape index (κ3) is 2.32. The van der Waals surface area contributed by atoms with E-state index in [2.05, 4.69) is 48.5 Å². The van der Waals surface area contributed by atoms with Crippen molar-refractivity contribution in [2.45, 2.75) is 26.6 Å². The van der Waals surface area contributed by atoms with Crippen LogP contribution in [0.5, 0.6) is 0 Å². The second-order valence-electron chi connectivity index (χ2n) is 4.19. The fraction of sp³-hybridized carbons (Fsp3) is 0.333. The fourth-order valence-electron chi connectivity index (χ4n) is 2.16. The van der Waals surface area contributed by atoms with Crippen LogP contribution in [0, 0.1) is 0 Å². The van der Waals surface area contributed by atoms with Gasteiger partial charge in [0.1, 0.15) is 5.82 Å². The Morgan fingerprint density at radius 1 is 1.26 bits per heavy atom. The molecule has 98 valence electrons. The van der Waals surface area contributed by atoms with Crippen LogP contribution in [0.15, 0.2) is 24.3 Å². The maximum Gasteiger partial charge on any atom is 0.188 e. The molecule has 0 fully saturated rings. The first-order valence-electron chi connectivity index (χ1n) is 6.25. The number of aryl methyl sites for hydroxylation is 1. The summed E-state index contributed by atoms with van der Waals surface area (Å²) in [6.45, 7) is 4.27. The van der Waals surface area contributed by atoms with Gasteiger partial charge in [0.05, 0.1) is 24.1 Å². The van der Waals surface area contributed by atoms with E-state index in [9.17, 15) is 0 Å². The van der Waals surface area contributed by atoms with Crippen LogP contribution in [0.25, 0.3) is 11.0 Å². The van der Waals surface area contributed by atoms with Gasteiger partial charge in [0.25, 0.3) is 0 Å². The lowest BCUT2D eigenvalue weighted by atomic mass is 10.3. The number of hydrogen-bond acceptors (Lipinski definition) is 5. The van der Waals surface area contributed by atoms with Crippen molar-refractivity contribution in [2.24, 2.45) is 0 Å². The lowest BCUT2D eigenvalue weighted by Gasteiger charge is -2.06. The van der Waals surface area contributed by atoms with E-state index in [0.29, 0.717) is 18.9 Å². The van der Waals surface area contributed by atoms with Crippen LogP contribution in [0.2, 0.25) is 0 Å². The van der Waals surface area contributed by atoms with Gasteiger partial charge >= 0.3 is 0 Å². The molecule has 0 unspecified atom stereocenters. The van der Waals surface area contributed by atoms with Crippen molar-refractivity contribution in [3.8, 4) is 0 Å². The number of hydrogen-bond donors (Lipinski definition) is 2. The van der Waals surface area contributed by atoms with E-state index in [1.165, 1.54) is 5.52 Å². The molecule has 3 rings (SSSR count). The Morgan fingerprint density at radius 3 is 2.95 bits per heavy atom. The second-order valence-corrected chi connectivity index (χ2v) is 4.19. The number of para-hydroxylation sites is 2. The first-order valence-corrected chi connectivity index (χ1v) is 6.25. The lowest BCUT2D eigenvalue weighted by molar-refractivity contribution is 0.606. The molecule has 0 saturated heterocycles. The fourth-order valence-corrected chi connectivity index (χ4v) is 2.16. The van der Waals surface area contributed by atoms with Gasteiger partial charge in [0.15, 0.2) is 5.82 Å². The normalized spacial score (nSPS) is 11.2. The van der Waals surface area contributed by atoms with Crippen LogP contribution in [0.3, 0.4) is 0 Å². The molecule has 0 amide bonds. The average molecular weight is 257 g/mol. The van der Waals surface area contributed by atoms with E-state index in [1.807, 2.05) is 18.2 Å². The summed E-state index contributed by atoms with van der Waals surface area (Å²) in [7, 11) is 0. The first kappa shape index (κ1) is 11.8. The van der Waals surface area contributed by atoms with Gasteiger partial charge < -0.3 is 9.88 Å². The smallest absolute Gasteiger partial charge is 0.188 e. The molecule has 0 spiro atoms. The molecule has 2 heterocycles. The summed E-state index contributed by atoms with van der Waals surface area (Å²) in [5, 5.41) is 17.0. The number of H-pyrrole nitrogens is 1. The summed E-state index contributed by atoms with van der Waals surface area (Å²) in [4.78, 5) is 4.64. The third-order valence-corrected chi connectivity index (χ3v) is 3.01. The van der Waals surface area contributed by atoms with Gasteiger partial charge in [-0.2, -0.15) is 5.21 Å². The zero-order valence-electron chi connectivity index (χ0n) is 10.7. The molecule has 1 aromatic carbocycles. The summed E-state index contributed by atoms with van der Waals surface area (Å²) < 4.78 is 2.21. The van der Waals surface area contributed by atoms with Gasteiger partial charge in [0, 0.05) is 6.54 Å². The molecule has 0 bridgehead atoms. The molecule has 0 aliphatic heterocycles. The summed E-state index contributed by atoms with van der Waals surface area (Å²) >= 11 is 0. The molecule has 2 N–H and O–H groups in total. The van der Waals surface area contributed by atoms with Crippen molar-refractivity contribution in [3.05, 3.63) is 35.9 Å². The molecule has 0 aliphatic rings. The Bertz CT molecular complexity index is 656.